The van der Waals surface area contributed by atoms with Gasteiger partial charge in [-0.25, -0.2) is 0 Å². The van der Waals surface area contributed by atoms with Crippen LogP contribution in [0, 0.1) is 5.92 Å². The van der Waals surface area contributed by atoms with E-state index >= 15 is 0 Å². The van der Waals surface area contributed by atoms with Gasteiger partial charge in [0, 0.05) is 24.4 Å². The van der Waals surface area contributed by atoms with Crippen molar-refractivity contribution in [3.8, 4) is 0 Å². The van der Waals surface area contributed by atoms with Crippen molar-refractivity contribution in [1.82, 2.24) is 4.90 Å². The normalized spacial score (nSPS) is 32.7. The quantitative estimate of drug-likeness (QED) is 0.806. The van der Waals surface area contributed by atoms with Crippen LogP contribution in [0.4, 0.5) is 0 Å². The van der Waals surface area contributed by atoms with E-state index in [4.69, 9.17) is 17.4 Å². The van der Waals surface area contributed by atoms with Gasteiger partial charge in [-0.2, -0.15) is 0 Å². The number of morpholine rings is 1. The molecule has 0 saturated carbocycles. The molecule has 0 bridgehead atoms. The van der Waals surface area contributed by atoms with Crippen LogP contribution in [-0.4, -0.2) is 42.5 Å². The Hall–Kier alpha value is -0.580. The summed E-state index contributed by atoms with van der Waals surface area (Å²) in [7, 11) is 0. The fourth-order valence-electron chi connectivity index (χ4n) is 3.07. The van der Waals surface area contributed by atoms with Crippen LogP contribution < -0.4 is 0 Å². The molecule has 19 heavy (non-hydrogen) atoms. The molecule has 1 fully saturated rings. The number of hydrogen-bond donors (Lipinski definition) is 1. The highest BCUT2D eigenvalue weighted by Crippen LogP contribution is 2.41. The van der Waals surface area contributed by atoms with Crippen molar-refractivity contribution >= 4 is 18.4 Å². The molecule has 4 heteroatoms. The van der Waals surface area contributed by atoms with Gasteiger partial charge in [0.25, 0.3) is 0 Å². The van der Waals surface area contributed by atoms with Gasteiger partial charge in [0.2, 0.25) is 0 Å². The van der Waals surface area contributed by atoms with Gasteiger partial charge in [-0.1, -0.05) is 19.1 Å². The topological polar surface area (TPSA) is 29.5 Å². The molecule has 2 aliphatic rings. The second-order valence-electron chi connectivity index (χ2n) is 5.44. The molecule has 0 radical (unpaired) electrons. The summed E-state index contributed by atoms with van der Waals surface area (Å²) in [6.07, 6.45) is 4.65. The lowest BCUT2D eigenvalue weighted by molar-refractivity contribution is -0.125. The fraction of sp³-hybridized carbons (Fsp3) is 0.667. The minimum Gasteiger partial charge on any atom is -0.379 e. The third-order valence-corrected chi connectivity index (χ3v) is 5.17. The molecular formula is C15H23NO2S. The molecule has 1 heterocycles. The molecule has 0 N–H and O–H groups in total. The van der Waals surface area contributed by atoms with E-state index < -0.39 is 0 Å². The van der Waals surface area contributed by atoms with E-state index in [1.165, 1.54) is 0 Å². The SMILES string of the molecule is CCC(=O)C1C=CC(C)=C(S)C1(C)N1CCOCC1. The molecule has 3 nitrogen and oxygen atoms in total. The zero-order valence-corrected chi connectivity index (χ0v) is 12.9. The molecule has 0 aromatic heterocycles. The van der Waals surface area contributed by atoms with Gasteiger partial charge < -0.3 is 4.74 Å². The minimum absolute atomic E-state index is 0.105. The van der Waals surface area contributed by atoms with Gasteiger partial charge in [0.1, 0.15) is 5.78 Å². The standard InChI is InChI=1S/C15H23NO2S/c1-4-13(17)12-6-5-11(2)14(19)15(12,3)16-7-9-18-10-8-16/h5-6,12,19H,4,7-10H2,1-3H3. The number of thiol groups is 1. The van der Waals surface area contributed by atoms with E-state index in [0.29, 0.717) is 6.42 Å². The average Bonchev–Trinajstić information content (AvgIpc) is 2.45. The molecule has 1 aliphatic heterocycles. The Kier molecular flexibility index (Phi) is 4.54. The van der Waals surface area contributed by atoms with Gasteiger partial charge in [0.15, 0.2) is 0 Å². The summed E-state index contributed by atoms with van der Waals surface area (Å²) in [5.74, 6) is 0.177. The number of nitrogens with zero attached hydrogens (tertiary/aromatic N) is 1. The van der Waals surface area contributed by atoms with E-state index in [2.05, 4.69) is 24.8 Å². The first-order valence-corrected chi connectivity index (χ1v) is 7.40. The van der Waals surface area contributed by atoms with E-state index in [1.54, 1.807) is 0 Å². The summed E-state index contributed by atoms with van der Waals surface area (Å²) in [5.41, 5.74) is 0.830. The second kappa shape index (κ2) is 5.81. The molecule has 0 spiro atoms. The first kappa shape index (κ1) is 14.8. The third-order valence-electron chi connectivity index (χ3n) is 4.36. The number of ether oxygens (including phenoxy) is 1. The predicted octanol–water partition coefficient (Wildman–Crippen LogP) is 2.45. The van der Waals surface area contributed by atoms with Crippen molar-refractivity contribution in [3.63, 3.8) is 0 Å². The number of carbonyl (C=O) groups is 1. The van der Waals surface area contributed by atoms with Crippen molar-refractivity contribution in [2.24, 2.45) is 5.92 Å². The molecule has 1 saturated heterocycles. The highest BCUT2D eigenvalue weighted by atomic mass is 32.1. The van der Waals surface area contributed by atoms with E-state index in [1.807, 2.05) is 13.0 Å². The molecule has 1 aliphatic carbocycles. The Bertz CT molecular complexity index is 424. The van der Waals surface area contributed by atoms with E-state index in [0.717, 1.165) is 36.8 Å². The van der Waals surface area contributed by atoms with Crippen LogP contribution in [0.5, 0.6) is 0 Å². The number of carbonyl (C=O) groups excluding carboxylic acids is 1. The van der Waals surface area contributed by atoms with Crippen LogP contribution in [0.2, 0.25) is 0 Å². The van der Waals surface area contributed by atoms with Crippen LogP contribution in [0.25, 0.3) is 0 Å². The summed E-state index contributed by atoms with van der Waals surface area (Å²) in [4.78, 5) is 15.7. The lowest BCUT2D eigenvalue weighted by Crippen LogP contribution is -2.58. The van der Waals surface area contributed by atoms with Gasteiger partial charge in [-0.05, 0) is 19.4 Å². The van der Waals surface area contributed by atoms with Gasteiger partial charge >= 0.3 is 0 Å². The molecule has 106 valence electrons. The maximum Gasteiger partial charge on any atom is 0.141 e. The maximum atomic E-state index is 12.3. The Morgan fingerprint density at radius 2 is 2.16 bits per heavy atom. The van der Waals surface area contributed by atoms with Crippen molar-refractivity contribution in [1.29, 1.82) is 0 Å². The Morgan fingerprint density at radius 1 is 1.53 bits per heavy atom. The van der Waals surface area contributed by atoms with Gasteiger partial charge in [0.05, 0.1) is 24.7 Å². The monoisotopic (exact) mass is 281 g/mol. The summed E-state index contributed by atoms with van der Waals surface area (Å²) >= 11 is 4.73. The number of Topliss-reactive ketones (excluding diaryl/α,β-unsaturated/α-hetero) is 1. The summed E-state index contributed by atoms with van der Waals surface area (Å²) in [5, 5.41) is 0. The minimum atomic E-state index is -0.321. The summed E-state index contributed by atoms with van der Waals surface area (Å²) < 4.78 is 5.43. The van der Waals surface area contributed by atoms with E-state index in [-0.39, 0.29) is 17.2 Å². The molecule has 0 aromatic rings. The summed E-state index contributed by atoms with van der Waals surface area (Å²) in [6.45, 7) is 9.30. The lowest BCUT2D eigenvalue weighted by Gasteiger charge is -2.48. The van der Waals surface area contributed by atoms with Crippen molar-refractivity contribution in [2.45, 2.75) is 32.7 Å². The third kappa shape index (κ3) is 2.54. The maximum absolute atomic E-state index is 12.3. The molecule has 2 rings (SSSR count). The zero-order valence-electron chi connectivity index (χ0n) is 12.0. The Morgan fingerprint density at radius 3 is 2.74 bits per heavy atom. The molecular weight excluding hydrogens is 258 g/mol. The Balaban J connectivity index is 2.39. The lowest BCUT2D eigenvalue weighted by atomic mass is 9.75. The van der Waals surface area contributed by atoms with Crippen molar-refractivity contribution in [3.05, 3.63) is 22.6 Å². The van der Waals surface area contributed by atoms with Gasteiger partial charge in [-0.3, -0.25) is 9.69 Å². The molecule has 0 aromatic carbocycles. The number of hydrogen-bond acceptors (Lipinski definition) is 4. The number of ketones is 1. The average molecular weight is 281 g/mol. The predicted molar refractivity (Wildman–Crippen MR) is 80.4 cm³/mol. The van der Waals surface area contributed by atoms with E-state index in [9.17, 15) is 4.79 Å². The van der Waals surface area contributed by atoms with Crippen LogP contribution in [0.3, 0.4) is 0 Å². The summed E-state index contributed by atoms with van der Waals surface area (Å²) in [6, 6.07) is 0. The molecule has 2 atom stereocenters. The second-order valence-corrected chi connectivity index (χ2v) is 5.88. The van der Waals surface area contributed by atoms with Gasteiger partial charge in [-0.15, -0.1) is 12.6 Å². The number of rotatable bonds is 3. The largest absolute Gasteiger partial charge is 0.379 e. The van der Waals surface area contributed by atoms with Crippen molar-refractivity contribution < 1.29 is 9.53 Å². The molecule has 2 unspecified atom stereocenters. The fourth-order valence-corrected chi connectivity index (χ4v) is 3.42. The highest BCUT2D eigenvalue weighted by Gasteiger charge is 2.45. The Labute approximate surface area is 121 Å². The zero-order chi connectivity index (χ0) is 14.0. The smallest absolute Gasteiger partial charge is 0.141 e. The van der Waals surface area contributed by atoms with Crippen LogP contribution in [-0.2, 0) is 9.53 Å². The van der Waals surface area contributed by atoms with Crippen LogP contribution in [0.1, 0.15) is 27.2 Å². The van der Waals surface area contributed by atoms with Crippen molar-refractivity contribution in [2.75, 3.05) is 26.3 Å². The highest BCUT2D eigenvalue weighted by molar-refractivity contribution is 7.84. The number of allylic oxidation sites excluding steroid dienone is 2. The first-order chi connectivity index (χ1) is 9.01. The van der Waals surface area contributed by atoms with Crippen LogP contribution >= 0.6 is 12.6 Å². The first-order valence-electron chi connectivity index (χ1n) is 6.95. The van der Waals surface area contributed by atoms with Crippen LogP contribution in [0.15, 0.2) is 22.6 Å². The molecule has 0 amide bonds.